The number of rotatable bonds is 2. The second-order valence-electron chi connectivity index (χ2n) is 3.51. The third kappa shape index (κ3) is 2.93. The predicted octanol–water partition coefficient (Wildman–Crippen LogP) is 0.753. The third-order valence-electron chi connectivity index (χ3n) is 2.39. The number of nitrogens with zero attached hydrogens (tertiary/aromatic N) is 2. The van der Waals surface area contributed by atoms with Gasteiger partial charge in [0.15, 0.2) is 5.82 Å². The Bertz CT molecular complexity index is 219. The molecule has 1 fully saturated rings. The van der Waals surface area contributed by atoms with Crippen molar-refractivity contribution < 1.29 is 4.92 Å². The predicted molar refractivity (Wildman–Crippen MR) is 49.2 cm³/mol. The monoisotopic (exact) mass is 185 g/mol. The molecule has 13 heavy (non-hydrogen) atoms. The van der Waals surface area contributed by atoms with Crippen LogP contribution in [0.3, 0.4) is 0 Å². The zero-order valence-corrected chi connectivity index (χ0v) is 7.77. The van der Waals surface area contributed by atoms with Gasteiger partial charge in [-0.25, -0.2) is 0 Å². The third-order valence-corrected chi connectivity index (χ3v) is 2.39. The lowest BCUT2D eigenvalue weighted by molar-refractivity contribution is -0.404. The highest BCUT2D eigenvalue weighted by Crippen LogP contribution is 2.17. The average Bonchev–Trinajstić information content (AvgIpc) is 2.04. The quantitative estimate of drug-likeness (QED) is 0.509. The zero-order valence-electron chi connectivity index (χ0n) is 7.77. The SMILES string of the molecule is CC1CCN(/C(N)=C/[N+](=O)[O-])CC1. The molecule has 5 nitrogen and oxygen atoms in total. The Balaban J connectivity index is 2.49. The molecule has 1 heterocycles. The van der Waals surface area contributed by atoms with Crippen LogP contribution in [0, 0.1) is 16.0 Å². The van der Waals surface area contributed by atoms with E-state index in [0.29, 0.717) is 5.92 Å². The van der Waals surface area contributed by atoms with Crippen LogP contribution in [0.25, 0.3) is 0 Å². The second kappa shape index (κ2) is 4.11. The van der Waals surface area contributed by atoms with Gasteiger partial charge in [0.25, 0.3) is 6.20 Å². The van der Waals surface area contributed by atoms with Crippen LogP contribution in [0.5, 0.6) is 0 Å². The van der Waals surface area contributed by atoms with Gasteiger partial charge in [-0.05, 0) is 18.8 Å². The van der Waals surface area contributed by atoms with Crippen LogP contribution >= 0.6 is 0 Å². The number of hydrogen-bond acceptors (Lipinski definition) is 4. The van der Waals surface area contributed by atoms with Gasteiger partial charge in [0.05, 0.1) is 4.92 Å². The Hall–Kier alpha value is -1.26. The summed E-state index contributed by atoms with van der Waals surface area (Å²) in [7, 11) is 0. The van der Waals surface area contributed by atoms with Gasteiger partial charge < -0.3 is 10.6 Å². The molecule has 1 aliphatic rings. The largest absolute Gasteiger partial charge is 0.380 e. The topological polar surface area (TPSA) is 72.4 Å². The molecular formula is C8H15N3O2. The van der Waals surface area contributed by atoms with E-state index in [1.54, 1.807) is 0 Å². The number of nitro groups is 1. The Morgan fingerprint density at radius 2 is 2.15 bits per heavy atom. The Kier molecular flexibility index (Phi) is 3.11. The summed E-state index contributed by atoms with van der Waals surface area (Å²) in [5, 5.41) is 10.1. The van der Waals surface area contributed by atoms with Crippen molar-refractivity contribution in [3.63, 3.8) is 0 Å². The van der Waals surface area contributed by atoms with Gasteiger partial charge in [0.2, 0.25) is 0 Å². The van der Waals surface area contributed by atoms with E-state index >= 15 is 0 Å². The van der Waals surface area contributed by atoms with E-state index in [-0.39, 0.29) is 5.82 Å². The molecule has 0 radical (unpaired) electrons. The Morgan fingerprint density at radius 1 is 1.62 bits per heavy atom. The molecule has 74 valence electrons. The lowest BCUT2D eigenvalue weighted by Gasteiger charge is -2.30. The minimum Gasteiger partial charge on any atom is -0.380 e. The summed E-state index contributed by atoms with van der Waals surface area (Å²) in [5.41, 5.74) is 5.54. The van der Waals surface area contributed by atoms with Gasteiger partial charge in [-0.3, -0.25) is 10.1 Å². The van der Waals surface area contributed by atoms with E-state index in [1.165, 1.54) is 0 Å². The molecule has 2 N–H and O–H groups in total. The standard InChI is InChI=1S/C8H15N3O2/c1-7-2-4-10(5-3-7)8(9)6-11(12)13/h6-7H,2-5,9H2,1H3/b8-6+. The summed E-state index contributed by atoms with van der Waals surface area (Å²) >= 11 is 0. The molecule has 0 aliphatic carbocycles. The molecule has 0 bridgehead atoms. The lowest BCUT2D eigenvalue weighted by atomic mass is 9.99. The highest BCUT2D eigenvalue weighted by atomic mass is 16.6. The minimum absolute atomic E-state index is 0.275. The first-order valence-electron chi connectivity index (χ1n) is 4.45. The van der Waals surface area contributed by atoms with E-state index in [2.05, 4.69) is 6.92 Å². The van der Waals surface area contributed by atoms with Gasteiger partial charge >= 0.3 is 0 Å². The first kappa shape index (κ1) is 9.83. The van der Waals surface area contributed by atoms with E-state index in [9.17, 15) is 10.1 Å². The Morgan fingerprint density at radius 3 is 2.62 bits per heavy atom. The number of hydrogen-bond donors (Lipinski definition) is 1. The number of nitrogens with two attached hydrogens (primary N) is 1. The van der Waals surface area contributed by atoms with E-state index in [1.807, 2.05) is 4.90 Å². The van der Waals surface area contributed by atoms with Crippen molar-refractivity contribution >= 4 is 0 Å². The highest BCUT2D eigenvalue weighted by Gasteiger charge is 2.17. The molecule has 1 aliphatic heterocycles. The molecule has 1 rings (SSSR count). The van der Waals surface area contributed by atoms with Gasteiger partial charge in [0, 0.05) is 13.1 Å². The first-order valence-corrected chi connectivity index (χ1v) is 4.45. The van der Waals surface area contributed by atoms with Gasteiger partial charge in [-0.1, -0.05) is 6.92 Å². The molecular weight excluding hydrogens is 170 g/mol. The zero-order chi connectivity index (χ0) is 9.84. The van der Waals surface area contributed by atoms with Crippen molar-refractivity contribution in [1.82, 2.24) is 4.90 Å². The fourth-order valence-electron chi connectivity index (χ4n) is 1.46. The van der Waals surface area contributed by atoms with Crippen LogP contribution in [0.15, 0.2) is 12.0 Å². The molecule has 1 saturated heterocycles. The summed E-state index contributed by atoms with van der Waals surface area (Å²) < 4.78 is 0. The fraction of sp³-hybridized carbons (Fsp3) is 0.750. The van der Waals surface area contributed by atoms with Gasteiger partial charge in [0.1, 0.15) is 0 Å². The average molecular weight is 185 g/mol. The maximum atomic E-state index is 10.1. The molecule has 0 atom stereocenters. The van der Waals surface area contributed by atoms with Crippen LogP contribution in [0.1, 0.15) is 19.8 Å². The maximum Gasteiger partial charge on any atom is 0.274 e. The fourth-order valence-corrected chi connectivity index (χ4v) is 1.46. The molecule has 0 amide bonds. The summed E-state index contributed by atoms with van der Waals surface area (Å²) in [6, 6.07) is 0. The van der Waals surface area contributed by atoms with Crippen LogP contribution in [-0.4, -0.2) is 22.9 Å². The van der Waals surface area contributed by atoms with Crippen molar-refractivity contribution in [1.29, 1.82) is 0 Å². The van der Waals surface area contributed by atoms with Gasteiger partial charge in [-0.15, -0.1) is 0 Å². The van der Waals surface area contributed by atoms with Crippen LogP contribution < -0.4 is 5.73 Å². The molecule has 0 aromatic heterocycles. The molecule has 0 aromatic carbocycles. The summed E-state index contributed by atoms with van der Waals surface area (Å²) in [4.78, 5) is 11.5. The molecule has 0 spiro atoms. The molecule has 5 heteroatoms. The van der Waals surface area contributed by atoms with Crippen LogP contribution in [0.4, 0.5) is 0 Å². The number of likely N-dealkylation sites (tertiary alicyclic amines) is 1. The number of piperidine rings is 1. The lowest BCUT2D eigenvalue weighted by Crippen LogP contribution is -2.35. The maximum absolute atomic E-state index is 10.1. The second-order valence-corrected chi connectivity index (χ2v) is 3.51. The van der Waals surface area contributed by atoms with E-state index in [4.69, 9.17) is 5.73 Å². The highest BCUT2D eigenvalue weighted by molar-refractivity contribution is 4.92. The minimum atomic E-state index is -0.507. The summed E-state index contributed by atoms with van der Waals surface area (Å²) in [6.45, 7) is 3.85. The molecule has 0 unspecified atom stereocenters. The first-order chi connectivity index (χ1) is 6.09. The van der Waals surface area contributed by atoms with E-state index < -0.39 is 4.92 Å². The van der Waals surface area contributed by atoms with Gasteiger partial charge in [-0.2, -0.15) is 0 Å². The smallest absolute Gasteiger partial charge is 0.274 e. The van der Waals surface area contributed by atoms with Crippen molar-refractivity contribution in [2.45, 2.75) is 19.8 Å². The van der Waals surface area contributed by atoms with Crippen molar-refractivity contribution in [2.75, 3.05) is 13.1 Å². The summed E-state index contributed by atoms with van der Waals surface area (Å²) in [6.07, 6.45) is 2.99. The van der Waals surface area contributed by atoms with Crippen LogP contribution in [-0.2, 0) is 0 Å². The summed E-state index contributed by atoms with van der Waals surface area (Å²) in [5.74, 6) is 0.983. The van der Waals surface area contributed by atoms with E-state index in [0.717, 1.165) is 32.1 Å². The molecule has 0 saturated carbocycles. The molecule has 0 aromatic rings. The van der Waals surface area contributed by atoms with Crippen LogP contribution in [0.2, 0.25) is 0 Å². The van der Waals surface area contributed by atoms with Crippen molar-refractivity contribution in [2.24, 2.45) is 11.7 Å². The normalized spacial score (nSPS) is 20.4. The van der Waals surface area contributed by atoms with Crippen molar-refractivity contribution in [3.05, 3.63) is 22.1 Å². The van der Waals surface area contributed by atoms with Crippen molar-refractivity contribution in [3.8, 4) is 0 Å². The Labute approximate surface area is 77.4 Å².